The molecule has 0 amide bonds. The van der Waals surface area contributed by atoms with Gasteiger partial charge in [0.05, 0.1) is 6.04 Å². The zero-order valence-electron chi connectivity index (χ0n) is 13.5. The van der Waals surface area contributed by atoms with Crippen LogP contribution in [0.5, 0.6) is 0 Å². The molecule has 3 heterocycles. The van der Waals surface area contributed by atoms with Crippen LogP contribution < -0.4 is 0 Å². The third kappa shape index (κ3) is 2.44. The summed E-state index contributed by atoms with van der Waals surface area (Å²) < 4.78 is 2.48. The minimum atomic E-state index is 0.263. The molecule has 0 fully saturated rings. The SMILES string of the molecule is CC(c1cccnc1)n1c2c(c3cc(Cl)ccc31)CN(C)CC2. The van der Waals surface area contributed by atoms with Gasteiger partial charge in [0.1, 0.15) is 0 Å². The van der Waals surface area contributed by atoms with Crippen molar-refractivity contribution >= 4 is 22.5 Å². The van der Waals surface area contributed by atoms with Crippen molar-refractivity contribution in [3.63, 3.8) is 0 Å². The van der Waals surface area contributed by atoms with Gasteiger partial charge in [0.25, 0.3) is 0 Å². The van der Waals surface area contributed by atoms with Crippen LogP contribution in [0.1, 0.15) is 29.8 Å². The van der Waals surface area contributed by atoms with Crippen LogP contribution in [0.4, 0.5) is 0 Å². The molecule has 23 heavy (non-hydrogen) atoms. The molecule has 4 rings (SSSR count). The quantitative estimate of drug-likeness (QED) is 0.701. The van der Waals surface area contributed by atoms with E-state index < -0.39 is 0 Å². The van der Waals surface area contributed by atoms with Crippen LogP contribution in [0.2, 0.25) is 5.02 Å². The van der Waals surface area contributed by atoms with E-state index in [-0.39, 0.29) is 6.04 Å². The number of hydrogen-bond donors (Lipinski definition) is 0. The summed E-state index contributed by atoms with van der Waals surface area (Å²) in [6.07, 6.45) is 4.87. The van der Waals surface area contributed by atoms with Crippen molar-refractivity contribution in [2.75, 3.05) is 13.6 Å². The highest BCUT2D eigenvalue weighted by Gasteiger charge is 2.25. The van der Waals surface area contributed by atoms with Crippen molar-refractivity contribution in [2.45, 2.75) is 25.9 Å². The first kappa shape index (κ1) is 14.7. The average Bonchev–Trinajstić information content (AvgIpc) is 2.88. The Morgan fingerprint density at radius 1 is 1.26 bits per heavy atom. The fourth-order valence-corrected chi connectivity index (χ4v) is 3.89. The molecule has 1 aliphatic heterocycles. The maximum Gasteiger partial charge on any atom is 0.0575 e. The van der Waals surface area contributed by atoms with E-state index in [1.54, 1.807) is 0 Å². The molecular formula is C19H20ClN3. The number of likely N-dealkylation sites (N-methyl/N-ethyl adjacent to an activating group) is 1. The smallest absolute Gasteiger partial charge is 0.0575 e. The molecule has 1 aromatic carbocycles. The van der Waals surface area contributed by atoms with E-state index in [2.05, 4.69) is 46.6 Å². The molecule has 0 aliphatic carbocycles. The molecule has 1 unspecified atom stereocenters. The highest BCUT2D eigenvalue weighted by molar-refractivity contribution is 6.31. The molecule has 1 atom stereocenters. The second-order valence-corrected chi connectivity index (χ2v) is 6.84. The predicted molar refractivity (Wildman–Crippen MR) is 95.0 cm³/mol. The molecule has 118 valence electrons. The van der Waals surface area contributed by atoms with Crippen molar-refractivity contribution in [1.29, 1.82) is 0 Å². The fourth-order valence-electron chi connectivity index (χ4n) is 3.71. The molecule has 0 N–H and O–H groups in total. The minimum absolute atomic E-state index is 0.263. The van der Waals surface area contributed by atoms with Gasteiger partial charge in [0.2, 0.25) is 0 Å². The van der Waals surface area contributed by atoms with Crippen LogP contribution in [-0.4, -0.2) is 28.0 Å². The van der Waals surface area contributed by atoms with Crippen molar-refractivity contribution in [3.05, 3.63) is 64.6 Å². The fraction of sp³-hybridized carbons (Fsp3) is 0.316. The van der Waals surface area contributed by atoms with E-state index in [9.17, 15) is 0 Å². The van der Waals surface area contributed by atoms with Crippen LogP contribution in [-0.2, 0) is 13.0 Å². The van der Waals surface area contributed by atoms with Crippen LogP contribution >= 0.6 is 11.6 Å². The number of hydrogen-bond acceptors (Lipinski definition) is 2. The highest BCUT2D eigenvalue weighted by Crippen LogP contribution is 2.36. The Labute approximate surface area is 141 Å². The Bertz CT molecular complexity index is 854. The number of rotatable bonds is 2. The topological polar surface area (TPSA) is 21.1 Å². The van der Waals surface area contributed by atoms with E-state index in [1.165, 1.54) is 27.7 Å². The lowest BCUT2D eigenvalue weighted by Crippen LogP contribution is -2.28. The molecule has 2 aromatic heterocycles. The second kappa shape index (κ2) is 5.66. The van der Waals surface area contributed by atoms with Gasteiger partial charge in [-0.2, -0.15) is 0 Å². The van der Waals surface area contributed by atoms with Crippen LogP contribution in [0.25, 0.3) is 10.9 Å². The van der Waals surface area contributed by atoms with Crippen LogP contribution in [0, 0.1) is 0 Å². The Morgan fingerprint density at radius 2 is 2.13 bits per heavy atom. The first-order chi connectivity index (χ1) is 11.1. The first-order valence-corrected chi connectivity index (χ1v) is 8.42. The summed E-state index contributed by atoms with van der Waals surface area (Å²) in [5.74, 6) is 0. The van der Waals surface area contributed by atoms with Gasteiger partial charge in [0, 0.05) is 53.5 Å². The van der Waals surface area contributed by atoms with Crippen molar-refractivity contribution in [2.24, 2.45) is 0 Å². The minimum Gasteiger partial charge on any atom is -0.337 e. The van der Waals surface area contributed by atoms with Crippen molar-refractivity contribution < 1.29 is 0 Å². The third-order valence-corrected chi connectivity index (χ3v) is 5.13. The molecule has 0 spiro atoms. The van der Waals surface area contributed by atoms with Crippen molar-refractivity contribution in [1.82, 2.24) is 14.5 Å². The zero-order chi connectivity index (χ0) is 16.0. The number of halogens is 1. The monoisotopic (exact) mass is 325 g/mol. The standard InChI is InChI=1S/C19H20ClN3/c1-13(14-4-3-8-21-11-14)23-18-6-5-15(20)10-16(18)17-12-22(2)9-7-19(17)23/h3-6,8,10-11,13H,7,9,12H2,1-2H3. The summed E-state index contributed by atoms with van der Waals surface area (Å²) in [6, 6.07) is 10.7. The Kier molecular flexibility index (Phi) is 3.63. The van der Waals surface area contributed by atoms with Crippen LogP contribution in [0.15, 0.2) is 42.7 Å². The largest absolute Gasteiger partial charge is 0.337 e. The molecular weight excluding hydrogens is 306 g/mol. The van der Waals surface area contributed by atoms with E-state index in [0.29, 0.717) is 0 Å². The summed E-state index contributed by atoms with van der Waals surface area (Å²) in [6.45, 7) is 4.33. The zero-order valence-corrected chi connectivity index (χ0v) is 14.2. The van der Waals surface area contributed by atoms with Gasteiger partial charge in [-0.25, -0.2) is 0 Å². The number of nitrogens with zero attached hydrogens (tertiary/aromatic N) is 3. The molecule has 4 heteroatoms. The number of aromatic nitrogens is 2. The number of pyridine rings is 1. The predicted octanol–water partition coefficient (Wildman–Crippen LogP) is 4.29. The lowest BCUT2D eigenvalue weighted by atomic mass is 10.0. The van der Waals surface area contributed by atoms with Gasteiger partial charge in [-0.05, 0) is 49.4 Å². The molecule has 0 saturated heterocycles. The summed E-state index contributed by atoms with van der Waals surface area (Å²) in [5, 5.41) is 2.09. The highest BCUT2D eigenvalue weighted by atomic mass is 35.5. The van der Waals surface area contributed by atoms with E-state index in [1.807, 2.05) is 24.5 Å². The average molecular weight is 326 g/mol. The summed E-state index contributed by atoms with van der Waals surface area (Å²) in [5.41, 5.74) is 5.37. The van der Waals surface area contributed by atoms with Gasteiger partial charge in [-0.1, -0.05) is 17.7 Å². The Morgan fingerprint density at radius 3 is 2.91 bits per heavy atom. The molecule has 1 aliphatic rings. The number of fused-ring (bicyclic) bond motifs is 3. The van der Waals surface area contributed by atoms with Gasteiger partial charge in [0.15, 0.2) is 0 Å². The van der Waals surface area contributed by atoms with Gasteiger partial charge < -0.3 is 9.47 Å². The molecule has 0 radical (unpaired) electrons. The van der Waals surface area contributed by atoms with E-state index in [0.717, 1.165) is 24.5 Å². The normalized spacial score (nSPS) is 16.5. The van der Waals surface area contributed by atoms with Gasteiger partial charge in [-0.15, -0.1) is 0 Å². The lowest BCUT2D eigenvalue weighted by molar-refractivity contribution is 0.308. The second-order valence-electron chi connectivity index (χ2n) is 6.41. The Balaban J connectivity index is 1.96. The lowest BCUT2D eigenvalue weighted by Gasteiger charge is -2.26. The van der Waals surface area contributed by atoms with Crippen molar-refractivity contribution in [3.8, 4) is 0 Å². The number of benzene rings is 1. The summed E-state index contributed by atoms with van der Waals surface area (Å²) in [7, 11) is 2.18. The Hall–Kier alpha value is -1.84. The maximum atomic E-state index is 6.27. The maximum absolute atomic E-state index is 6.27. The molecule has 0 saturated carbocycles. The van der Waals surface area contributed by atoms with E-state index >= 15 is 0 Å². The molecule has 3 nitrogen and oxygen atoms in total. The van der Waals surface area contributed by atoms with Gasteiger partial charge in [-0.3, -0.25) is 4.98 Å². The van der Waals surface area contributed by atoms with Gasteiger partial charge >= 0.3 is 0 Å². The summed E-state index contributed by atoms with van der Waals surface area (Å²) >= 11 is 6.27. The molecule has 0 bridgehead atoms. The summed E-state index contributed by atoms with van der Waals surface area (Å²) in [4.78, 5) is 6.67. The molecule has 3 aromatic rings. The van der Waals surface area contributed by atoms with E-state index in [4.69, 9.17) is 11.6 Å². The first-order valence-electron chi connectivity index (χ1n) is 8.05. The third-order valence-electron chi connectivity index (χ3n) is 4.89. The van der Waals surface area contributed by atoms with Crippen LogP contribution in [0.3, 0.4) is 0 Å².